The van der Waals surface area contributed by atoms with Crippen molar-refractivity contribution in [2.45, 2.75) is 13.3 Å². The molecular formula is C14H19NO2. The number of ether oxygens (including phenoxy) is 1. The number of rotatable bonds is 5. The van der Waals surface area contributed by atoms with Crippen LogP contribution in [-0.2, 0) is 4.79 Å². The topological polar surface area (TPSA) is 29.5 Å². The van der Waals surface area contributed by atoms with Crippen LogP contribution in [-0.4, -0.2) is 31.0 Å². The number of nitrogens with zero attached hydrogens (tertiary/aromatic N) is 1. The van der Waals surface area contributed by atoms with E-state index in [-0.39, 0.29) is 11.8 Å². The smallest absolute Gasteiger partial charge is 0.225 e. The van der Waals surface area contributed by atoms with Crippen molar-refractivity contribution in [3.8, 4) is 5.75 Å². The zero-order valence-electron chi connectivity index (χ0n) is 10.4. The summed E-state index contributed by atoms with van der Waals surface area (Å²) >= 11 is 0. The SMILES string of the molecule is C[C@H]1C[C@H]1C(=O)N(C)CCOc1ccccc1. The van der Waals surface area contributed by atoms with Crippen molar-refractivity contribution in [3.05, 3.63) is 30.3 Å². The van der Waals surface area contributed by atoms with Gasteiger partial charge >= 0.3 is 0 Å². The van der Waals surface area contributed by atoms with Crippen molar-refractivity contribution < 1.29 is 9.53 Å². The van der Waals surface area contributed by atoms with E-state index in [0.717, 1.165) is 12.2 Å². The number of amides is 1. The fraction of sp³-hybridized carbons (Fsp3) is 0.500. The predicted molar refractivity (Wildman–Crippen MR) is 66.8 cm³/mol. The van der Waals surface area contributed by atoms with Crippen LogP contribution in [0.1, 0.15) is 13.3 Å². The fourth-order valence-corrected chi connectivity index (χ4v) is 1.88. The number of carbonyl (C=O) groups excluding carboxylic acids is 1. The van der Waals surface area contributed by atoms with Crippen LogP contribution in [0.5, 0.6) is 5.75 Å². The van der Waals surface area contributed by atoms with E-state index < -0.39 is 0 Å². The first-order valence-corrected chi connectivity index (χ1v) is 6.11. The third kappa shape index (κ3) is 3.22. The molecule has 0 bridgehead atoms. The Morgan fingerprint density at radius 2 is 2.06 bits per heavy atom. The molecule has 3 heteroatoms. The Hall–Kier alpha value is -1.51. The minimum absolute atomic E-state index is 0.258. The van der Waals surface area contributed by atoms with Crippen LogP contribution < -0.4 is 4.74 Å². The molecule has 0 saturated heterocycles. The molecule has 3 nitrogen and oxygen atoms in total. The first-order valence-electron chi connectivity index (χ1n) is 6.11. The van der Waals surface area contributed by atoms with Gasteiger partial charge in [0.25, 0.3) is 0 Å². The van der Waals surface area contributed by atoms with Gasteiger partial charge in [-0.2, -0.15) is 0 Å². The average molecular weight is 233 g/mol. The van der Waals surface area contributed by atoms with Gasteiger partial charge < -0.3 is 9.64 Å². The lowest BCUT2D eigenvalue weighted by molar-refractivity contribution is -0.131. The minimum atomic E-state index is 0.258. The molecule has 2 rings (SSSR count). The maximum atomic E-state index is 11.8. The maximum Gasteiger partial charge on any atom is 0.225 e. The number of likely N-dealkylation sites (N-methyl/N-ethyl adjacent to an activating group) is 1. The molecule has 0 aliphatic heterocycles. The molecule has 1 aromatic rings. The van der Waals surface area contributed by atoms with Gasteiger partial charge in [-0.3, -0.25) is 4.79 Å². The van der Waals surface area contributed by atoms with Crippen molar-refractivity contribution in [1.82, 2.24) is 4.90 Å². The molecular weight excluding hydrogens is 214 g/mol. The molecule has 0 N–H and O–H groups in total. The van der Waals surface area contributed by atoms with Gasteiger partial charge in [-0.05, 0) is 24.5 Å². The van der Waals surface area contributed by atoms with Gasteiger partial charge in [-0.15, -0.1) is 0 Å². The van der Waals surface area contributed by atoms with Gasteiger partial charge in [0.2, 0.25) is 5.91 Å². The second-order valence-electron chi connectivity index (χ2n) is 4.74. The number of benzene rings is 1. The zero-order chi connectivity index (χ0) is 12.3. The summed E-state index contributed by atoms with van der Waals surface area (Å²) in [5, 5.41) is 0. The Morgan fingerprint density at radius 3 is 2.65 bits per heavy atom. The van der Waals surface area contributed by atoms with Gasteiger partial charge in [0.1, 0.15) is 12.4 Å². The second-order valence-corrected chi connectivity index (χ2v) is 4.74. The predicted octanol–water partition coefficient (Wildman–Crippen LogP) is 2.18. The van der Waals surface area contributed by atoms with E-state index in [1.165, 1.54) is 0 Å². The van der Waals surface area contributed by atoms with E-state index in [4.69, 9.17) is 4.74 Å². The van der Waals surface area contributed by atoms with Crippen molar-refractivity contribution in [3.63, 3.8) is 0 Å². The molecule has 1 saturated carbocycles. The third-order valence-electron chi connectivity index (χ3n) is 3.24. The van der Waals surface area contributed by atoms with Crippen molar-refractivity contribution in [2.24, 2.45) is 11.8 Å². The van der Waals surface area contributed by atoms with E-state index in [1.807, 2.05) is 37.4 Å². The molecule has 0 heterocycles. The van der Waals surface area contributed by atoms with Crippen LogP contribution >= 0.6 is 0 Å². The quantitative estimate of drug-likeness (QED) is 0.780. The molecule has 92 valence electrons. The van der Waals surface area contributed by atoms with Gasteiger partial charge in [0.15, 0.2) is 0 Å². The van der Waals surface area contributed by atoms with E-state index in [0.29, 0.717) is 19.1 Å². The van der Waals surface area contributed by atoms with E-state index >= 15 is 0 Å². The Labute approximate surface area is 102 Å². The van der Waals surface area contributed by atoms with Crippen LogP contribution in [0.2, 0.25) is 0 Å². The number of para-hydroxylation sites is 1. The van der Waals surface area contributed by atoms with Gasteiger partial charge in [-0.1, -0.05) is 25.1 Å². The minimum Gasteiger partial charge on any atom is -0.492 e. The zero-order valence-corrected chi connectivity index (χ0v) is 10.4. The molecule has 0 unspecified atom stereocenters. The summed E-state index contributed by atoms with van der Waals surface area (Å²) in [7, 11) is 1.85. The third-order valence-corrected chi connectivity index (χ3v) is 3.24. The summed E-state index contributed by atoms with van der Waals surface area (Å²) in [6, 6.07) is 9.68. The fourth-order valence-electron chi connectivity index (χ4n) is 1.88. The Kier molecular flexibility index (Phi) is 3.67. The molecule has 0 radical (unpaired) electrons. The maximum absolute atomic E-state index is 11.8. The highest BCUT2D eigenvalue weighted by Gasteiger charge is 2.40. The lowest BCUT2D eigenvalue weighted by Crippen LogP contribution is -2.32. The van der Waals surface area contributed by atoms with E-state index in [2.05, 4.69) is 6.92 Å². The normalized spacial score (nSPS) is 22.0. The highest BCUT2D eigenvalue weighted by atomic mass is 16.5. The molecule has 1 amide bonds. The van der Waals surface area contributed by atoms with Crippen molar-refractivity contribution >= 4 is 5.91 Å². The highest BCUT2D eigenvalue weighted by Crippen LogP contribution is 2.38. The summed E-state index contributed by atoms with van der Waals surface area (Å²) in [4.78, 5) is 13.6. The molecule has 0 spiro atoms. The first-order chi connectivity index (χ1) is 8.18. The van der Waals surface area contributed by atoms with Crippen LogP contribution in [0.4, 0.5) is 0 Å². The summed E-state index contributed by atoms with van der Waals surface area (Å²) < 4.78 is 5.56. The molecule has 0 aromatic heterocycles. The summed E-state index contributed by atoms with van der Waals surface area (Å²) in [5.41, 5.74) is 0. The van der Waals surface area contributed by atoms with Crippen LogP contribution in [0, 0.1) is 11.8 Å². The molecule has 2 atom stereocenters. The molecule has 1 aromatic carbocycles. The number of hydrogen-bond donors (Lipinski definition) is 0. The highest BCUT2D eigenvalue weighted by molar-refractivity contribution is 5.81. The Balaban J connectivity index is 1.70. The monoisotopic (exact) mass is 233 g/mol. The van der Waals surface area contributed by atoms with Crippen molar-refractivity contribution in [2.75, 3.05) is 20.2 Å². The standard InChI is InChI=1S/C14H19NO2/c1-11-10-13(11)14(16)15(2)8-9-17-12-6-4-3-5-7-12/h3-7,11,13H,8-10H2,1-2H3/t11-,13+/m0/s1. The number of carbonyl (C=O) groups is 1. The summed E-state index contributed by atoms with van der Waals surface area (Å²) in [5.74, 6) is 1.94. The summed E-state index contributed by atoms with van der Waals surface area (Å²) in [6.45, 7) is 3.32. The molecule has 17 heavy (non-hydrogen) atoms. The van der Waals surface area contributed by atoms with Crippen LogP contribution in [0.3, 0.4) is 0 Å². The van der Waals surface area contributed by atoms with E-state index in [9.17, 15) is 4.79 Å². The van der Waals surface area contributed by atoms with Gasteiger partial charge in [0, 0.05) is 13.0 Å². The summed E-state index contributed by atoms with van der Waals surface area (Å²) in [6.07, 6.45) is 1.04. The van der Waals surface area contributed by atoms with Crippen LogP contribution in [0.25, 0.3) is 0 Å². The van der Waals surface area contributed by atoms with Crippen LogP contribution in [0.15, 0.2) is 30.3 Å². The lowest BCUT2D eigenvalue weighted by atomic mass is 10.3. The molecule has 1 fully saturated rings. The van der Waals surface area contributed by atoms with Gasteiger partial charge in [-0.25, -0.2) is 0 Å². The Morgan fingerprint density at radius 1 is 1.41 bits per heavy atom. The molecule has 1 aliphatic carbocycles. The van der Waals surface area contributed by atoms with E-state index in [1.54, 1.807) is 4.90 Å². The van der Waals surface area contributed by atoms with Gasteiger partial charge in [0.05, 0.1) is 6.54 Å². The first kappa shape index (κ1) is 12.0. The molecule has 1 aliphatic rings. The second kappa shape index (κ2) is 5.21. The number of hydrogen-bond acceptors (Lipinski definition) is 2. The van der Waals surface area contributed by atoms with Crippen molar-refractivity contribution in [1.29, 1.82) is 0 Å². The largest absolute Gasteiger partial charge is 0.492 e. The average Bonchev–Trinajstić information content (AvgIpc) is 3.06. The Bertz CT molecular complexity index is 377. The lowest BCUT2D eigenvalue weighted by Gasteiger charge is -2.17.